The normalized spacial score (nSPS) is 12.2. The first-order valence-electron chi connectivity index (χ1n) is 5.80. The second-order valence-electron chi connectivity index (χ2n) is 3.89. The van der Waals surface area contributed by atoms with E-state index in [4.69, 9.17) is 10.5 Å². The van der Waals surface area contributed by atoms with Crippen molar-refractivity contribution >= 4 is 15.9 Å². The maximum atomic E-state index is 6.26. The van der Waals surface area contributed by atoms with Crippen LogP contribution in [0.3, 0.4) is 0 Å². The molecule has 94 valence electrons. The van der Waals surface area contributed by atoms with Gasteiger partial charge in [-0.3, -0.25) is 4.98 Å². The molecule has 3 nitrogen and oxygen atoms in total. The summed E-state index contributed by atoms with van der Waals surface area (Å²) in [6, 6.07) is 9.64. The van der Waals surface area contributed by atoms with Crippen LogP contribution in [0.25, 0.3) is 0 Å². The first-order valence-corrected chi connectivity index (χ1v) is 6.59. The van der Waals surface area contributed by atoms with Gasteiger partial charge in [-0.25, -0.2) is 0 Å². The molecule has 0 aliphatic rings. The first kappa shape index (κ1) is 13.1. The summed E-state index contributed by atoms with van der Waals surface area (Å²) in [7, 11) is 0. The molecule has 1 atom stereocenters. The molecule has 2 rings (SSSR count). The third-order valence-corrected chi connectivity index (χ3v) is 3.37. The third-order valence-electron chi connectivity index (χ3n) is 2.64. The van der Waals surface area contributed by atoms with E-state index in [-0.39, 0.29) is 6.04 Å². The molecule has 1 unspecified atom stereocenters. The van der Waals surface area contributed by atoms with E-state index in [9.17, 15) is 0 Å². The second-order valence-corrected chi connectivity index (χ2v) is 4.74. The van der Waals surface area contributed by atoms with Crippen molar-refractivity contribution in [1.29, 1.82) is 0 Å². The van der Waals surface area contributed by atoms with E-state index < -0.39 is 0 Å². The largest absolute Gasteiger partial charge is 0.492 e. The number of hydrogen-bond donors (Lipinski definition) is 1. The highest BCUT2D eigenvalue weighted by Crippen LogP contribution is 2.27. The average Bonchev–Trinajstić information content (AvgIpc) is 2.39. The summed E-state index contributed by atoms with van der Waals surface area (Å²) < 4.78 is 6.43. The third kappa shape index (κ3) is 2.89. The fraction of sp³-hybridized carbons (Fsp3) is 0.214. The van der Waals surface area contributed by atoms with Crippen LogP contribution in [0.1, 0.15) is 24.1 Å². The predicted molar refractivity (Wildman–Crippen MR) is 75.6 cm³/mol. The van der Waals surface area contributed by atoms with E-state index in [2.05, 4.69) is 20.9 Å². The van der Waals surface area contributed by atoms with Gasteiger partial charge in [0.05, 0.1) is 18.8 Å². The second kappa shape index (κ2) is 5.98. The van der Waals surface area contributed by atoms with Crippen LogP contribution in [0.2, 0.25) is 0 Å². The van der Waals surface area contributed by atoms with Crippen LogP contribution < -0.4 is 10.5 Å². The van der Waals surface area contributed by atoms with Crippen molar-refractivity contribution in [3.8, 4) is 5.75 Å². The van der Waals surface area contributed by atoms with Crippen LogP contribution in [-0.4, -0.2) is 11.6 Å². The molecule has 18 heavy (non-hydrogen) atoms. The number of rotatable bonds is 4. The van der Waals surface area contributed by atoms with E-state index in [0.29, 0.717) is 6.61 Å². The number of nitrogens with two attached hydrogens (primary N) is 1. The Morgan fingerprint density at radius 1 is 1.33 bits per heavy atom. The van der Waals surface area contributed by atoms with Gasteiger partial charge in [0, 0.05) is 10.7 Å². The highest BCUT2D eigenvalue weighted by molar-refractivity contribution is 9.10. The van der Waals surface area contributed by atoms with Gasteiger partial charge in [0.25, 0.3) is 0 Å². The summed E-state index contributed by atoms with van der Waals surface area (Å²) in [6.07, 6.45) is 3.46. The van der Waals surface area contributed by atoms with E-state index in [0.717, 1.165) is 21.3 Å². The zero-order valence-electron chi connectivity index (χ0n) is 10.1. The fourth-order valence-electron chi connectivity index (χ4n) is 1.76. The molecular weight excluding hydrogens is 292 g/mol. The van der Waals surface area contributed by atoms with Gasteiger partial charge in [0.2, 0.25) is 0 Å². The van der Waals surface area contributed by atoms with Crippen molar-refractivity contribution in [3.05, 3.63) is 58.3 Å². The Kier molecular flexibility index (Phi) is 4.33. The molecule has 2 aromatic rings. The number of benzene rings is 1. The van der Waals surface area contributed by atoms with Crippen LogP contribution >= 0.6 is 15.9 Å². The Hall–Kier alpha value is -1.39. The van der Waals surface area contributed by atoms with Gasteiger partial charge in [-0.2, -0.15) is 0 Å². The van der Waals surface area contributed by atoms with Gasteiger partial charge in [0.15, 0.2) is 0 Å². The summed E-state index contributed by atoms with van der Waals surface area (Å²) in [4.78, 5) is 4.16. The molecule has 0 fully saturated rings. The summed E-state index contributed by atoms with van der Waals surface area (Å²) in [5.41, 5.74) is 8.23. The Bertz CT molecular complexity index is 531. The summed E-state index contributed by atoms with van der Waals surface area (Å²) >= 11 is 3.51. The number of ether oxygens (including phenoxy) is 1. The van der Waals surface area contributed by atoms with Crippen LogP contribution in [-0.2, 0) is 0 Å². The minimum Gasteiger partial charge on any atom is -0.492 e. The van der Waals surface area contributed by atoms with Crippen LogP contribution in [0.5, 0.6) is 5.75 Å². The quantitative estimate of drug-likeness (QED) is 0.943. The van der Waals surface area contributed by atoms with Crippen molar-refractivity contribution in [2.45, 2.75) is 13.0 Å². The smallest absolute Gasteiger partial charge is 0.137 e. The lowest BCUT2D eigenvalue weighted by Crippen LogP contribution is -2.13. The Morgan fingerprint density at radius 2 is 2.11 bits per heavy atom. The summed E-state index contributed by atoms with van der Waals surface area (Å²) in [5.74, 6) is 0.748. The van der Waals surface area contributed by atoms with E-state index in [1.165, 1.54) is 0 Å². The van der Waals surface area contributed by atoms with Gasteiger partial charge < -0.3 is 10.5 Å². The predicted octanol–water partition coefficient (Wildman–Crippen LogP) is 3.29. The molecule has 0 amide bonds. The molecule has 1 aromatic carbocycles. The lowest BCUT2D eigenvalue weighted by Gasteiger charge is -2.14. The number of nitrogens with zero attached hydrogens (tertiary/aromatic N) is 1. The highest BCUT2D eigenvalue weighted by Gasteiger charge is 2.12. The average molecular weight is 307 g/mol. The van der Waals surface area contributed by atoms with Crippen molar-refractivity contribution in [1.82, 2.24) is 4.98 Å². The Balaban J connectivity index is 2.31. The SMILES string of the molecule is CCOc1cncc(C(N)c2ccccc2Br)c1. The molecule has 0 saturated heterocycles. The van der Waals surface area contributed by atoms with Crippen LogP contribution in [0.4, 0.5) is 0 Å². The first-order chi connectivity index (χ1) is 8.72. The number of hydrogen-bond acceptors (Lipinski definition) is 3. The molecule has 0 spiro atoms. The van der Waals surface area contributed by atoms with Crippen molar-refractivity contribution < 1.29 is 4.74 Å². The number of pyridine rings is 1. The van der Waals surface area contributed by atoms with Crippen LogP contribution in [0, 0.1) is 0 Å². The highest BCUT2D eigenvalue weighted by atomic mass is 79.9. The zero-order valence-corrected chi connectivity index (χ0v) is 11.7. The maximum Gasteiger partial charge on any atom is 0.137 e. The van der Waals surface area contributed by atoms with Gasteiger partial charge in [0.1, 0.15) is 5.75 Å². The van der Waals surface area contributed by atoms with E-state index in [1.807, 2.05) is 37.3 Å². The molecule has 0 bridgehead atoms. The lowest BCUT2D eigenvalue weighted by molar-refractivity contribution is 0.338. The Morgan fingerprint density at radius 3 is 2.83 bits per heavy atom. The molecule has 0 aliphatic carbocycles. The van der Waals surface area contributed by atoms with Crippen molar-refractivity contribution in [2.75, 3.05) is 6.61 Å². The molecule has 2 N–H and O–H groups in total. The van der Waals surface area contributed by atoms with E-state index >= 15 is 0 Å². The molecule has 1 heterocycles. The minimum atomic E-state index is -0.214. The van der Waals surface area contributed by atoms with Gasteiger partial charge in [-0.1, -0.05) is 34.1 Å². The van der Waals surface area contributed by atoms with Gasteiger partial charge in [-0.15, -0.1) is 0 Å². The minimum absolute atomic E-state index is 0.214. The zero-order chi connectivity index (χ0) is 13.0. The summed E-state index contributed by atoms with van der Waals surface area (Å²) in [5, 5.41) is 0. The fourth-order valence-corrected chi connectivity index (χ4v) is 2.29. The molecule has 0 radical (unpaired) electrons. The van der Waals surface area contributed by atoms with Crippen molar-refractivity contribution in [3.63, 3.8) is 0 Å². The number of halogens is 1. The monoisotopic (exact) mass is 306 g/mol. The molecule has 0 saturated carbocycles. The molecular formula is C14H15BrN2O. The molecule has 0 aliphatic heterocycles. The number of aromatic nitrogens is 1. The van der Waals surface area contributed by atoms with Crippen LogP contribution in [0.15, 0.2) is 47.2 Å². The van der Waals surface area contributed by atoms with E-state index in [1.54, 1.807) is 12.4 Å². The van der Waals surface area contributed by atoms with Gasteiger partial charge in [-0.05, 0) is 30.2 Å². The van der Waals surface area contributed by atoms with Gasteiger partial charge >= 0.3 is 0 Å². The molecule has 1 aromatic heterocycles. The topological polar surface area (TPSA) is 48.1 Å². The standard InChI is InChI=1S/C14H15BrN2O/c1-2-18-11-7-10(8-17-9-11)14(16)12-5-3-4-6-13(12)15/h3-9,14H,2,16H2,1H3. The van der Waals surface area contributed by atoms with Crippen molar-refractivity contribution in [2.24, 2.45) is 5.73 Å². The lowest BCUT2D eigenvalue weighted by atomic mass is 10.0. The maximum absolute atomic E-state index is 6.26. The summed E-state index contributed by atoms with van der Waals surface area (Å²) in [6.45, 7) is 2.57. The Labute approximate surface area is 115 Å². The molecule has 4 heteroatoms.